The van der Waals surface area contributed by atoms with Gasteiger partial charge in [-0.05, 0) is 60.9 Å². The van der Waals surface area contributed by atoms with E-state index < -0.39 is 6.04 Å². The third-order valence-corrected chi connectivity index (χ3v) is 6.33. The topological polar surface area (TPSA) is 67.9 Å². The maximum absolute atomic E-state index is 13.4. The number of piperidine rings is 1. The van der Waals surface area contributed by atoms with Crippen LogP contribution in [0.15, 0.2) is 72.8 Å². The Kier molecular flexibility index (Phi) is 7.16. The molecule has 1 aliphatic rings. The number of hydrogen-bond acceptors (Lipinski definition) is 4. The van der Waals surface area contributed by atoms with E-state index in [9.17, 15) is 9.59 Å². The summed E-state index contributed by atoms with van der Waals surface area (Å²) < 4.78 is 10.5. The van der Waals surface area contributed by atoms with E-state index in [2.05, 4.69) is 5.32 Å². The summed E-state index contributed by atoms with van der Waals surface area (Å²) in [5.74, 6) is 1.07. The second-order valence-electron chi connectivity index (χ2n) is 8.53. The van der Waals surface area contributed by atoms with Gasteiger partial charge >= 0.3 is 0 Å². The number of hydrogen-bond donors (Lipinski definition) is 1. The van der Waals surface area contributed by atoms with Gasteiger partial charge in [0.1, 0.15) is 11.5 Å². The number of nitrogens with zero attached hydrogens (tertiary/aromatic N) is 1. The van der Waals surface area contributed by atoms with Crippen molar-refractivity contribution < 1.29 is 19.1 Å². The van der Waals surface area contributed by atoms with Crippen LogP contribution in [0.3, 0.4) is 0 Å². The highest BCUT2D eigenvalue weighted by Crippen LogP contribution is 2.40. The number of aryl methyl sites for hydroxylation is 1. The Labute approximate surface area is 200 Å². The molecular weight excluding hydrogens is 428 g/mol. The summed E-state index contributed by atoms with van der Waals surface area (Å²) in [5.41, 5.74) is 3.79. The van der Waals surface area contributed by atoms with Crippen LogP contribution in [0.4, 0.5) is 5.69 Å². The third kappa shape index (κ3) is 5.06. The van der Waals surface area contributed by atoms with E-state index in [-0.39, 0.29) is 17.7 Å². The quantitative estimate of drug-likeness (QED) is 0.552. The maximum atomic E-state index is 13.4. The van der Waals surface area contributed by atoms with E-state index in [1.807, 2.05) is 79.7 Å². The molecule has 1 fully saturated rings. The second kappa shape index (κ2) is 10.4. The molecule has 0 bridgehead atoms. The van der Waals surface area contributed by atoms with Crippen LogP contribution in [0.25, 0.3) is 0 Å². The summed E-state index contributed by atoms with van der Waals surface area (Å²) in [6.45, 7) is 2.42. The first-order valence-electron chi connectivity index (χ1n) is 11.4. The van der Waals surface area contributed by atoms with Crippen molar-refractivity contribution in [2.24, 2.45) is 5.92 Å². The van der Waals surface area contributed by atoms with Crippen molar-refractivity contribution in [1.29, 1.82) is 0 Å². The van der Waals surface area contributed by atoms with Crippen LogP contribution in [0.1, 0.15) is 35.6 Å². The molecule has 1 N–H and O–H groups in total. The first kappa shape index (κ1) is 23.4. The van der Waals surface area contributed by atoms with Gasteiger partial charge in [-0.3, -0.25) is 9.59 Å². The molecule has 0 spiro atoms. The number of ether oxygens (including phenoxy) is 2. The van der Waals surface area contributed by atoms with Crippen LogP contribution < -0.4 is 19.7 Å². The first-order valence-corrected chi connectivity index (χ1v) is 11.4. The van der Waals surface area contributed by atoms with E-state index in [4.69, 9.17) is 9.47 Å². The monoisotopic (exact) mass is 458 g/mol. The molecule has 3 aromatic carbocycles. The average molecular weight is 459 g/mol. The van der Waals surface area contributed by atoms with E-state index in [1.165, 1.54) is 0 Å². The van der Waals surface area contributed by atoms with E-state index in [0.29, 0.717) is 19.4 Å². The van der Waals surface area contributed by atoms with E-state index in [1.54, 1.807) is 19.1 Å². The molecule has 0 aromatic heterocycles. The molecule has 4 rings (SSSR count). The van der Waals surface area contributed by atoms with Gasteiger partial charge in [-0.2, -0.15) is 0 Å². The number of benzene rings is 3. The number of nitrogens with one attached hydrogen (secondary N) is 1. The molecule has 1 heterocycles. The molecule has 34 heavy (non-hydrogen) atoms. The van der Waals surface area contributed by atoms with Crippen molar-refractivity contribution in [3.05, 3.63) is 89.5 Å². The molecule has 3 aromatic rings. The predicted molar refractivity (Wildman–Crippen MR) is 132 cm³/mol. The van der Waals surface area contributed by atoms with Gasteiger partial charge in [0, 0.05) is 18.7 Å². The van der Waals surface area contributed by atoms with Gasteiger partial charge in [0.25, 0.3) is 0 Å². The Bertz CT molecular complexity index is 1120. The van der Waals surface area contributed by atoms with Crippen LogP contribution in [0.5, 0.6) is 11.5 Å². The molecule has 2 unspecified atom stereocenters. The minimum Gasteiger partial charge on any atom is -0.497 e. The van der Waals surface area contributed by atoms with E-state index in [0.717, 1.165) is 33.9 Å². The molecular formula is C28H30N2O4. The summed E-state index contributed by atoms with van der Waals surface area (Å²) in [4.78, 5) is 28.4. The maximum Gasteiger partial charge on any atom is 0.227 e. The molecule has 2 amide bonds. The van der Waals surface area contributed by atoms with Gasteiger partial charge in [-0.15, -0.1) is 0 Å². The summed E-state index contributed by atoms with van der Waals surface area (Å²) in [6.07, 6.45) is 0.813. The molecule has 1 aliphatic heterocycles. The van der Waals surface area contributed by atoms with Crippen molar-refractivity contribution >= 4 is 17.5 Å². The number of carbonyl (C=O) groups is 2. The molecule has 176 valence electrons. The highest BCUT2D eigenvalue weighted by atomic mass is 16.5. The van der Waals surface area contributed by atoms with Gasteiger partial charge in [-0.25, -0.2) is 0 Å². The summed E-state index contributed by atoms with van der Waals surface area (Å²) in [7, 11) is 3.24. The lowest BCUT2D eigenvalue weighted by atomic mass is 9.83. The van der Waals surface area contributed by atoms with Crippen LogP contribution in [0.2, 0.25) is 0 Å². The average Bonchev–Trinajstić information content (AvgIpc) is 2.88. The minimum absolute atomic E-state index is 0.0175. The normalized spacial score (nSPS) is 17.9. The fourth-order valence-electron chi connectivity index (χ4n) is 4.42. The van der Waals surface area contributed by atoms with Crippen molar-refractivity contribution in [3.8, 4) is 11.5 Å². The first-order chi connectivity index (χ1) is 16.5. The van der Waals surface area contributed by atoms with Gasteiger partial charge in [0.15, 0.2) is 0 Å². The highest BCUT2D eigenvalue weighted by Gasteiger charge is 2.41. The molecule has 1 saturated heterocycles. The molecule has 6 heteroatoms. The predicted octanol–water partition coefficient (Wildman–Crippen LogP) is 4.81. The molecule has 0 radical (unpaired) electrons. The molecule has 2 atom stereocenters. The third-order valence-electron chi connectivity index (χ3n) is 6.33. The lowest BCUT2D eigenvalue weighted by Gasteiger charge is -2.41. The van der Waals surface area contributed by atoms with Crippen molar-refractivity contribution in [3.63, 3.8) is 0 Å². The minimum atomic E-state index is -0.411. The Morgan fingerprint density at radius 3 is 2.09 bits per heavy atom. The molecule has 6 nitrogen and oxygen atoms in total. The highest BCUT2D eigenvalue weighted by molar-refractivity contribution is 5.97. The van der Waals surface area contributed by atoms with Crippen molar-refractivity contribution in [2.75, 3.05) is 19.1 Å². The zero-order valence-corrected chi connectivity index (χ0v) is 19.8. The standard InChI is InChI=1S/C28H30N2O4/c1-19-4-10-22(11-5-19)30-26(31)17-16-25(27(30)21-8-14-24(34-3)15-9-21)28(32)29-18-20-6-12-23(33-2)13-7-20/h4-15,25,27H,16-18H2,1-3H3,(H,29,32). The van der Waals surface area contributed by atoms with Crippen LogP contribution in [-0.4, -0.2) is 26.0 Å². The number of methoxy groups -OCH3 is 2. The second-order valence-corrected chi connectivity index (χ2v) is 8.53. The number of carbonyl (C=O) groups excluding carboxylic acids is 2. The Morgan fingerprint density at radius 1 is 0.912 bits per heavy atom. The Hall–Kier alpha value is -3.80. The summed E-state index contributed by atoms with van der Waals surface area (Å²) in [5, 5.41) is 3.08. The number of rotatable bonds is 7. The molecule has 0 aliphatic carbocycles. The largest absolute Gasteiger partial charge is 0.497 e. The Balaban J connectivity index is 1.63. The van der Waals surface area contributed by atoms with Crippen LogP contribution in [-0.2, 0) is 16.1 Å². The smallest absolute Gasteiger partial charge is 0.227 e. The van der Waals surface area contributed by atoms with Crippen molar-refractivity contribution in [2.45, 2.75) is 32.4 Å². The zero-order chi connectivity index (χ0) is 24.1. The summed E-state index contributed by atoms with van der Waals surface area (Å²) >= 11 is 0. The van der Waals surface area contributed by atoms with Gasteiger partial charge < -0.3 is 19.7 Å². The summed E-state index contributed by atoms with van der Waals surface area (Å²) in [6, 6.07) is 22.7. The molecule has 0 saturated carbocycles. The fourth-order valence-corrected chi connectivity index (χ4v) is 4.42. The van der Waals surface area contributed by atoms with E-state index >= 15 is 0 Å². The number of anilines is 1. The van der Waals surface area contributed by atoms with Crippen LogP contribution in [0, 0.1) is 12.8 Å². The SMILES string of the molecule is COc1ccc(CNC(=O)C2CCC(=O)N(c3ccc(C)cc3)C2c2ccc(OC)cc2)cc1. The van der Waals surface area contributed by atoms with Crippen LogP contribution >= 0.6 is 0 Å². The lowest BCUT2D eigenvalue weighted by molar-refractivity contribution is -0.129. The van der Waals surface area contributed by atoms with Gasteiger partial charge in [0.2, 0.25) is 11.8 Å². The zero-order valence-electron chi connectivity index (χ0n) is 19.8. The Morgan fingerprint density at radius 2 is 1.50 bits per heavy atom. The lowest BCUT2D eigenvalue weighted by Crippen LogP contribution is -2.48. The van der Waals surface area contributed by atoms with Crippen molar-refractivity contribution in [1.82, 2.24) is 5.32 Å². The van der Waals surface area contributed by atoms with Gasteiger partial charge in [0.05, 0.1) is 26.2 Å². The van der Waals surface area contributed by atoms with Gasteiger partial charge in [-0.1, -0.05) is 42.0 Å². The fraction of sp³-hybridized carbons (Fsp3) is 0.286. The number of amides is 2.